The molecule has 3 atom stereocenters. The van der Waals surface area contributed by atoms with Gasteiger partial charge in [0.25, 0.3) is 0 Å². The van der Waals surface area contributed by atoms with Gasteiger partial charge in [-0.25, -0.2) is 4.57 Å². The third-order valence-corrected chi connectivity index (χ3v) is 8.64. The van der Waals surface area contributed by atoms with Gasteiger partial charge in [-0.2, -0.15) is 0 Å². The summed E-state index contributed by atoms with van der Waals surface area (Å²) >= 11 is 0. The SMILES string of the molecule is CCCCC/C=C\C/C=C\CCCCCCCCC(=O)O[C@H](COC(=O)CCC[C@@H](O)/C=C/C=C\C/C=C\C=C\[C@@H](O)CCCCC)COP(=O)(O)O. The van der Waals surface area contributed by atoms with E-state index in [0.29, 0.717) is 25.7 Å². The monoisotopic (exact) mass is 766 g/mol. The summed E-state index contributed by atoms with van der Waals surface area (Å²) in [5.74, 6) is -1.13. The zero-order valence-electron chi connectivity index (χ0n) is 32.6. The molecule has 0 aliphatic rings. The van der Waals surface area contributed by atoms with E-state index in [2.05, 4.69) is 42.7 Å². The van der Waals surface area contributed by atoms with E-state index in [1.807, 2.05) is 30.4 Å². The summed E-state index contributed by atoms with van der Waals surface area (Å²) in [4.78, 5) is 42.8. The van der Waals surface area contributed by atoms with Crippen molar-refractivity contribution in [3.8, 4) is 0 Å². The lowest BCUT2D eigenvalue weighted by Gasteiger charge is -2.18. The highest BCUT2D eigenvalue weighted by atomic mass is 31.2. The first-order valence-electron chi connectivity index (χ1n) is 19.9. The van der Waals surface area contributed by atoms with Crippen LogP contribution in [0.3, 0.4) is 0 Å². The smallest absolute Gasteiger partial charge is 0.462 e. The van der Waals surface area contributed by atoms with Crippen molar-refractivity contribution in [1.29, 1.82) is 0 Å². The number of phosphoric acid groups is 1. The molecule has 0 rings (SSSR count). The van der Waals surface area contributed by atoms with Crippen LogP contribution in [0.25, 0.3) is 0 Å². The Kier molecular flexibility index (Phi) is 34.6. The van der Waals surface area contributed by atoms with Gasteiger partial charge in [0.2, 0.25) is 0 Å². The molecule has 11 heteroatoms. The molecule has 0 amide bonds. The minimum absolute atomic E-state index is 0.0131. The second-order valence-electron chi connectivity index (χ2n) is 13.3. The first-order valence-corrected chi connectivity index (χ1v) is 21.5. The number of rotatable bonds is 35. The second kappa shape index (κ2) is 36.4. The molecule has 0 bridgehead atoms. The van der Waals surface area contributed by atoms with Crippen molar-refractivity contribution in [1.82, 2.24) is 0 Å². The van der Waals surface area contributed by atoms with Crippen molar-refractivity contribution in [2.75, 3.05) is 13.2 Å². The third-order valence-electron chi connectivity index (χ3n) is 8.16. The van der Waals surface area contributed by atoms with Crippen molar-refractivity contribution in [3.05, 3.63) is 72.9 Å². The Hall–Kier alpha value is -2.59. The third kappa shape index (κ3) is 38.9. The van der Waals surface area contributed by atoms with Crippen LogP contribution in [0.2, 0.25) is 0 Å². The van der Waals surface area contributed by atoms with Gasteiger partial charge in [-0.1, -0.05) is 145 Å². The van der Waals surface area contributed by atoms with Crippen LogP contribution in [0, 0.1) is 0 Å². The highest BCUT2D eigenvalue weighted by molar-refractivity contribution is 7.46. The number of carbonyl (C=O) groups excluding carboxylic acids is 2. The fourth-order valence-corrected chi connectivity index (χ4v) is 5.45. The number of aliphatic hydroxyl groups excluding tert-OH is 2. The highest BCUT2D eigenvalue weighted by Gasteiger charge is 2.23. The summed E-state index contributed by atoms with van der Waals surface area (Å²) in [6.45, 7) is 3.34. The molecule has 304 valence electrons. The number of phosphoric ester groups is 1. The molecule has 0 heterocycles. The fraction of sp³-hybridized carbons (Fsp3) is 0.667. The largest absolute Gasteiger partial charge is 0.469 e. The van der Waals surface area contributed by atoms with E-state index in [1.54, 1.807) is 18.2 Å². The maximum absolute atomic E-state index is 12.4. The number of esters is 2. The Morgan fingerprint density at radius 2 is 1.09 bits per heavy atom. The van der Waals surface area contributed by atoms with E-state index in [0.717, 1.165) is 70.6 Å². The Morgan fingerprint density at radius 3 is 1.70 bits per heavy atom. The fourth-order valence-electron chi connectivity index (χ4n) is 5.09. The summed E-state index contributed by atoms with van der Waals surface area (Å²) < 4.78 is 26.2. The molecule has 0 spiro atoms. The number of hydrogen-bond donors (Lipinski definition) is 4. The summed E-state index contributed by atoms with van der Waals surface area (Å²) in [5, 5.41) is 20.0. The van der Waals surface area contributed by atoms with Crippen LogP contribution in [0.15, 0.2) is 72.9 Å². The van der Waals surface area contributed by atoms with Crippen molar-refractivity contribution >= 4 is 19.8 Å². The Labute approximate surface area is 320 Å². The van der Waals surface area contributed by atoms with Crippen LogP contribution in [0.4, 0.5) is 0 Å². The topological polar surface area (TPSA) is 160 Å². The zero-order chi connectivity index (χ0) is 39.3. The van der Waals surface area contributed by atoms with Crippen LogP contribution >= 0.6 is 7.82 Å². The van der Waals surface area contributed by atoms with E-state index in [-0.39, 0.29) is 12.8 Å². The van der Waals surface area contributed by atoms with Gasteiger partial charge < -0.3 is 29.5 Å². The molecule has 0 saturated heterocycles. The van der Waals surface area contributed by atoms with E-state index in [9.17, 15) is 24.4 Å². The minimum atomic E-state index is -4.81. The standard InChI is InChI=1S/C42H71O10P/c1-3-5-7-8-9-10-11-12-13-14-15-16-17-21-24-28-34-42(46)52-40(37-51-53(47,48)49)36-50-41(45)35-29-33-39(44)32-27-23-20-18-19-22-26-31-38(43)30-25-6-4-2/h9-10,12-13,19-20,22-23,26-27,31-32,38-40,43-44H,3-8,11,14-18,21,24-25,28-30,33-37H2,1-2H3,(H2,47,48,49)/b10-9-,13-12-,22-19-,23-20-,31-26+,32-27+/t38-,39-,40+/m0/s1. The number of aliphatic hydroxyl groups is 2. The van der Waals surface area contributed by atoms with Gasteiger partial charge in [0.15, 0.2) is 6.10 Å². The van der Waals surface area contributed by atoms with Gasteiger partial charge in [0.05, 0.1) is 18.8 Å². The van der Waals surface area contributed by atoms with Crippen LogP contribution in [0.1, 0.15) is 149 Å². The molecule has 10 nitrogen and oxygen atoms in total. The van der Waals surface area contributed by atoms with Crippen molar-refractivity contribution in [2.24, 2.45) is 0 Å². The molecule has 0 aromatic heterocycles. The number of hydrogen-bond acceptors (Lipinski definition) is 8. The Bertz CT molecular complexity index is 1120. The van der Waals surface area contributed by atoms with Crippen molar-refractivity contribution in [3.63, 3.8) is 0 Å². The Balaban J connectivity index is 4.22. The van der Waals surface area contributed by atoms with E-state index in [4.69, 9.17) is 19.3 Å². The normalized spacial score (nSPS) is 14.5. The van der Waals surface area contributed by atoms with Gasteiger partial charge in [0.1, 0.15) is 6.61 Å². The van der Waals surface area contributed by atoms with E-state index < -0.39 is 51.3 Å². The molecule has 53 heavy (non-hydrogen) atoms. The first kappa shape index (κ1) is 50.4. The van der Waals surface area contributed by atoms with Crippen molar-refractivity contribution in [2.45, 2.75) is 167 Å². The lowest BCUT2D eigenvalue weighted by molar-refractivity contribution is -0.161. The first-order chi connectivity index (χ1) is 25.6. The molecule has 0 fully saturated rings. The van der Waals surface area contributed by atoms with Crippen LogP contribution in [0.5, 0.6) is 0 Å². The number of allylic oxidation sites excluding steroid dienone is 10. The second-order valence-corrected chi connectivity index (χ2v) is 14.5. The van der Waals surface area contributed by atoms with Gasteiger partial charge in [-0.15, -0.1) is 0 Å². The molecule has 4 N–H and O–H groups in total. The predicted octanol–water partition coefficient (Wildman–Crippen LogP) is 9.84. The summed E-state index contributed by atoms with van der Waals surface area (Å²) in [6, 6.07) is 0. The molecule has 0 aromatic carbocycles. The molecular formula is C42H71O10P. The Morgan fingerprint density at radius 1 is 0.585 bits per heavy atom. The van der Waals surface area contributed by atoms with E-state index >= 15 is 0 Å². The van der Waals surface area contributed by atoms with Gasteiger partial charge in [-0.05, 0) is 64.2 Å². The lowest BCUT2D eigenvalue weighted by Crippen LogP contribution is -2.29. The maximum Gasteiger partial charge on any atom is 0.469 e. The molecule has 0 aliphatic carbocycles. The van der Waals surface area contributed by atoms with Gasteiger partial charge in [0, 0.05) is 12.8 Å². The quantitative estimate of drug-likeness (QED) is 0.0161. The maximum atomic E-state index is 12.4. The molecule has 0 aromatic rings. The summed E-state index contributed by atoms with van der Waals surface area (Å²) in [5.41, 5.74) is 0. The molecule has 0 aliphatic heterocycles. The average Bonchev–Trinajstić information content (AvgIpc) is 3.11. The number of unbranched alkanes of at least 4 members (excludes halogenated alkanes) is 11. The van der Waals surface area contributed by atoms with Gasteiger partial charge in [-0.3, -0.25) is 14.1 Å². The van der Waals surface area contributed by atoms with E-state index in [1.165, 1.54) is 25.7 Å². The number of carbonyl (C=O) groups is 2. The summed E-state index contributed by atoms with van der Waals surface area (Å²) in [7, 11) is -4.81. The van der Waals surface area contributed by atoms with Crippen LogP contribution < -0.4 is 0 Å². The van der Waals surface area contributed by atoms with Crippen LogP contribution in [-0.4, -0.2) is 63.5 Å². The zero-order valence-corrected chi connectivity index (χ0v) is 33.5. The highest BCUT2D eigenvalue weighted by Crippen LogP contribution is 2.36. The molecule has 0 unspecified atom stereocenters. The average molecular weight is 767 g/mol. The molecule has 0 saturated carbocycles. The summed E-state index contributed by atoms with van der Waals surface area (Å²) in [6.07, 6.45) is 39.7. The van der Waals surface area contributed by atoms with Crippen molar-refractivity contribution < 1.29 is 48.2 Å². The van der Waals surface area contributed by atoms with Gasteiger partial charge >= 0.3 is 19.8 Å². The number of ether oxygens (including phenoxy) is 2. The molecule has 0 radical (unpaired) electrons. The van der Waals surface area contributed by atoms with Crippen LogP contribution in [-0.2, 0) is 28.2 Å². The molecular weight excluding hydrogens is 695 g/mol. The predicted molar refractivity (Wildman–Crippen MR) is 214 cm³/mol. The minimum Gasteiger partial charge on any atom is -0.462 e. The lowest BCUT2D eigenvalue weighted by atomic mass is 10.1.